The number of fused-ring (bicyclic) bond motifs is 1. The molecule has 0 spiro atoms. The van der Waals surface area contributed by atoms with E-state index in [-0.39, 0.29) is 0 Å². The molecule has 0 nitrogen and oxygen atoms in total. The summed E-state index contributed by atoms with van der Waals surface area (Å²) in [4.78, 5) is 0. The van der Waals surface area contributed by atoms with Gasteiger partial charge in [-0.05, 0) is 65.6 Å². The van der Waals surface area contributed by atoms with Crippen molar-refractivity contribution in [3.8, 4) is 0 Å². The zero-order valence-corrected chi connectivity index (χ0v) is 16.7. The summed E-state index contributed by atoms with van der Waals surface area (Å²) in [6.07, 6.45) is 8.96. The lowest BCUT2D eigenvalue weighted by atomic mass is 9.36. The van der Waals surface area contributed by atoms with Gasteiger partial charge in [0, 0.05) is 0 Å². The molecule has 2 aliphatic rings. The van der Waals surface area contributed by atoms with Gasteiger partial charge in [0.25, 0.3) is 0 Å². The third kappa shape index (κ3) is 2.30. The standard InChI is InChI=1S/C22H42/c1-15(2)21(16(3)4)14-13-19-11-9-10-12-20(19)22(21,17(5)6)18(7)8/h15-20H,9-14H2,1-8H3. The van der Waals surface area contributed by atoms with E-state index in [9.17, 15) is 0 Å². The van der Waals surface area contributed by atoms with Gasteiger partial charge >= 0.3 is 0 Å². The maximum Gasteiger partial charge on any atom is -0.0159 e. The topological polar surface area (TPSA) is 0 Å². The monoisotopic (exact) mass is 306 g/mol. The summed E-state index contributed by atoms with van der Waals surface area (Å²) in [6.45, 7) is 20.3. The summed E-state index contributed by atoms with van der Waals surface area (Å²) in [7, 11) is 0. The molecule has 0 aromatic rings. The van der Waals surface area contributed by atoms with Crippen LogP contribution in [0.25, 0.3) is 0 Å². The molecule has 2 rings (SSSR count). The van der Waals surface area contributed by atoms with Gasteiger partial charge in [-0.25, -0.2) is 0 Å². The largest absolute Gasteiger partial charge is 0.0622 e. The van der Waals surface area contributed by atoms with Gasteiger partial charge in [0.15, 0.2) is 0 Å². The summed E-state index contributed by atoms with van der Waals surface area (Å²) >= 11 is 0. The molecule has 0 saturated heterocycles. The van der Waals surface area contributed by atoms with Crippen LogP contribution < -0.4 is 0 Å². The van der Waals surface area contributed by atoms with Gasteiger partial charge in [0.1, 0.15) is 0 Å². The predicted octanol–water partition coefficient (Wildman–Crippen LogP) is 7.18. The molecule has 2 unspecified atom stereocenters. The highest BCUT2D eigenvalue weighted by Gasteiger charge is 2.64. The van der Waals surface area contributed by atoms with Crippen LogP contribution in [-0.4, -0.2) is 0 Å². The van der Waals surface area contributed by atoms with Crippen LogP contribution in [0.2, 0.25) is 0 Å². The van der Waals surface area contributed by atoms with Crippen molar-refractivity contribution in [2.45, 2.75) is 93.9 Å². The summed E-state index contributed by atoms with van der Waals surface area (Å²) in [5.41, 5.74) is 1.05. The Hall–Kier alpha value is 0. The second-order valence-electron chi connectivity index (χ2n) is 9.78. The molecule has 0 radical (unpaired) electrons. The third-order valence-corrected chi connectivity index (χ3v) is 8.23. The van der Waals surface area contributed by atoms with Crippen LogP contribution >= 0.6 is 0 Å². The fourth-order valence-corrected chi connectivity index (χ4v) is 8.01. The van der Waals surface area contributed by atoms with Crippen molar-refractivity contribution >= 4 is 0 Å². The van der Waals surface area contributed by atoms with E-state index in [0.29, 0.717) is 10.8 Å². The Morgan fingerprint density at radius 1 is 0.636 bits per heavy atom. The Kier molecular flexibility index (Phi) is 5.40. The summed E-state index contributed by atoms with van der Waals surface area (Å²) in [6, 6.07) is 0. The number of rotatable bonds is 4. The first-order chi connectivity index (χ1) is 10.2. The quantitative estimate of drug-likeness (QED) is 0.516. The molecule has 2 aliphatic carbocycles. The van der Waals surface area contributed by atoms with Crippen LogP contribution in [-0.2, 0) is 0 Å². The van der Waals surface area contributed by atoms with E-state index in [1.54, 1.807) is 0 Å². The van der Waals surface area contributed by atoms with Crippen LogP contribution in [0.1, 0.15) is 93.9 Å². The number of hydrogen-bond donors (Lipinski definition) is 0. The van der Waals surface area contributed by atoms with E-state index in [1.165, 1.54) is 38.5 Å². The van der Waals surface area contributed by atoms with E-state index in [2.05, 4.69) is 55.4 Å². The van der Waals surface area contributed by atoms with Crippen molar-refractivity contribution in [1.29, 1.82) is 0 Å². The fraction of sp³-hybridized carbons (Fsp3) is 1.00. The van der Waals surface area contributed by atoms with Crippen molar-refractivity contribution in [3.05, 3.63) is 0 Å². The van der Waals surface area contributed by atoms with Gasteiger partial charge in [-0.15, -0.1) is 0 Å². The molecule has 0 aromatic heterocycles. The Labute approximate surface area is 140 Å². The second kappa shape index (κ2) is 6.48. The highest BCUT2D eigenvalue weighted by Crippen LogP contribution is 2.70. The molecule has 0 aromatic carbocycles. The molecular weight excluding hydrogens is 264 g/mol. The molecule has 0 heterocycles. The Bertz CT molecular complexity index is 344. The minimum atomic E-state index is 0.522. The minimum absolute atomic E-state index is 0.522. The fourth-order valence-electron chi connectivity index (χ4n) is 8.01. The van der Waals surface area contributed by atoms with Crippen molar-refractivity contribution in [3.63, 3.8) is 0 Å². The Morgan fingerprint density at radius 2 is 1.14 bits per heavy atom. The van der Waals surface area contributed by atoms with Crippen LogP contribution in [0, 0.1) is 46.3 Å². The average Bonchev–Trinajstić information content (AvgIpc) is 2.44. The zero-order valence-electron chi connectivity index (χ0n) is 16.7. The smallest absolute Gasteiger partial charge is 0.0159 e. The first kappa shape index (κ1) is 18.3. The van der Waals surface area contributed by atoms with Gasteiger partial charge < -0.3 is 0 Å². The maximum atomic E-state index is 2.55. The molecule has 0 heteroatoms. The Balaban J connectivity index is 2.65. The first-order valence-corrected chi connectivity index (χ1v) is 10.2. The molecule has 2 atom stereocenters. The molecule has 0 bridgehead atoms. The molecule has 0 aliphatic heterocycles. The van der Waals surface area contributed by atoms with Crippen LogP contribution in [0.5, 0.6) is 0 Å². The van der Waals surface area contributed by atoms with Crippen molar-refractivity contribution in [2.75, 3.05) is 0 Å². The molecule has 22 heavy (non-hydrogen) atoms. The molecule has 130 valence electrons. The van der Waals surface area contributed by atoms with Gasteiger partial charge in [-0.3, -0.25) is 0 Å². The Morgan fingerprint density at radius 3 is 1.59 bits per heavy atom. The average molecular weight is 307 g/mol. The molecule has 0 N–H and O–H groups in total. The normalized spacial score (nSPS) is 31.1. The molecular formula is C22H42. The highest BCUT2D eigenvalue weighted by molar-refractivity contribution is 5.12. The van der Waals surface area contributed by atoms with Crippen molar-refractivity contribution in [1.82, 2.24) is 0 Å². The third-order valence-electron chi connectivity index (χ3n) is 8.23. The van der Waals surface area contributed by atoms with E-state index < -0.39 is 0 Å². The van der Waals surface area contributed by atoms with Gasteiger partial charge in [-0.2, -0.15) is 0 Å². The van der Waals surface area contributed by atoms with Gasteiger partial charge in [0.2, 0.25) is 0 Å². The summed E-state index contributed by atoms with van der Waals surface area (Å²) in [5.74, 6) is 5.16. The summed E-state index contributed by atoms with van der Waals surface area (Å²) < 4.78 is 0. The van der Waals surface area contributed by atoms with E-state index in [1.807, 2.05) is 0 Å². The summed E-state index contributed by atoms with van der Waals surface area (Å²) in [5, 5.41) is 0. The van der Waals surface area contributed by atoms with E-state index in [4.69, 9.17) is 0 Å². The van der Waals surface area contributed by atoms with E-state index in [0.717, 1.165) is 35.5 Å². The van der Waals surface area contributed by atoms with E-state index >= 15 is 0 Å². The lowest BCUT2D eigenvalue weighted by Gasteiger charge is -2.69. The maximum absolute atomic E-state index is 2.55. The van der Waals surface area contributed by atoms with Gasteiger partial charge in [-0.1, -0.05) is 74.7 Å². The lowest BCUT2D eigenvalue weighted by molar-refractivity contribution is -0.209. The van der Waals surface area contributed by atoms with Crippen LogP contribution in [0.4, 0.5) is 0 Å². The van der Waals surface area contributed by atoms with Crippen LogP contribution in [0.3, 0.4) is 0 Å². The second-order valence-corrected chi connectivity index (χ2v) is 9.78. The van der Waals surface area contributed by atoms with Crippen molar-refractivity contribution in [2.24, 2.45) is 46.3 Å². The zero-order chi connectivity index (χ0) is 16.7. The van der Waals surface area contributed by atoms with Crippen molar-refractivity contribution < 1.29 is 0 Å². The number of hydrogen-bond acceptors (Lipinski definition) is 0. The minimum Gasteiger partial charge on any atom is -0.0622 e. The molecule has 2 fully saturated rings. The SMILES string of the molecule is CC(C)C1(C(C)C)CCC2CCCCC2C1(C(C)C)C(C)C. The lowest BCUT2D eigenvalue weighted by Crippen LogP contribution is -2.63. The first-order valence-electron chi connectivity index (χ1n) is 10.2. The van der Waals surface area contributed by atoms with Gasteiger partial charge in [0.05, 0.1) is 0 Å². The molecule has 0 amide bonds. The van der Waals surface area contributed by atoms with Crippen LogP contribution in [0.15, 0.2) is 0 Å². The highest BCUT2D eigenvalue weighted by atomic mass is 14.7. The molecule has 2 saturated carbocycles. The predicted molar refractivity (Wildman–Crippen MR) is 98.9 cm³/mol.